The molecule has 1 fully saturated rings. The molecule has 3 heterocycles. The summed E-state index contributed by atoms with van der Waals surface area (Å²) in [6.07, 6.45) is 13.5. The Morgan fingerprint density at radius 2 is 2.00 bits per heavy atom. The number of aromatic amines is 2. The molecule has 0 aliphatic heterocycles. The normalized spacial score (nSPS) is 14.3. The molecule has 1 amide bonds. The third-order valence-electron chi connectivity index (χ3n) is 6.35. The van der Waals surface area contributed by atoms with Crippen LogP contribution in [0.4, 0.5) is 5.69 Å². The van der Waals surface area contributed by atoms with Gasteiger partial charge in [0.25, 0.3) is 0 Å². The molecule has 6 heteroatoms. The van der Waals surface area contributed by atoms with E-state index in [1.807, 2.05) is 43.5 Å². The van der Waals surface area contributed by atoms with Crippen LogP contribution in [-0.2, 0) is 4.79 Å². The number of hydrogen-bond acceptors (Lipinski definition) is 3. The maximum absolute atomic E-state index is 12.5. The van der Waals surface area contributed by atoms with Gasteiger partial charge in [-0.2, -0.15) is 5.10 Å². The van der Waals surface area contributed by atoms with Crippen molar-refractivity contribution in [1.82, 2.24) is 20.2 Å². The molecule has 1 saturated carbocycles. The number of amides is 1. The van der Waals surface area contributed by atoms with Crippen LogP contribution in [0.15, 0.2) is 61.5 Å². The predicted molar refractivity (Wildman–Crippen MR) is 134 cm³/mol. The van der Waals surface area contributed by atoms with Gasteiger partial charge >= 0.3 is 0 Å². The number of carbonyl (C=O) groups excluding carboxylic acids is 1. The summed E-state index contributed by atoms with van der Waals surface area (Å²) in [6.45, 7) is 5.79. The minimum atomic E-state index is 0.0995. The van der Waals surface area contributed by atoms with Crippen molar-refractivity contribution in [3.8, 4) is 22.5 Å². The van der Waals surface area contributed by atoms with Crippen molar-refractivity contribution in [3.63, 3.8) is 0 Å². The Bertz CT molecular complexity index is 1350. The first-order chi connectivity index (χ1) is 16.1. The van der Waals surface area contributed by atoms with E-state index in [0.717, 1.165) is 76.0 Å². The molecule has 0 spiro atoms. The fraction of sp³-hybridized carbons (Fsp3) is 0.222. The molecule has 3 aromatic heterocycles. The lowest BCUT2D eigenvalue weighted by Gasteiger charge is -2.11. The Morgan fingerprint density at radius 1 is 1.15 bits per heavy atom. The molecule has 0 atom stereocenters. The quantitative estimate of drug-likeness (QED) is 0.311. The standard InChI is InChI=1S/C27H27N5O/c1-3-4-7-19-14-25(29-17(19)2)26-23-13-20(10-11-24(23)31-32-26)21-12-22(16-28-15-21)30-27(33)18-8-5-6-9-18/h3-4,7,10-16,18,29H,1,5-6,8-9H2,2H3,(H,30,33)(H,31,32)/b7-4-. The number of pyridine rings is 1. The number of anilines is 1. The van der Waals surface area contributed by atoms with Gasteiger partial charge in [0.2, 0.25) is 5.91 Å². The minimum absolute atomic E-state index is 0.0995. The fourth-order valence-corrected chi connectivity index (χ4v) is 4.54. The predicted octanol–water partition coefficient (Wildman–Crippen LogP) is 6.26. The van der Waals surface area contributed by atoms with Gasteiger partial charge in [0.05, 0.1) is 23.1 Å². The lowest BCUT2D eigenvalue weighted by Crippen LogP contribution is -2.20. The zero-order valence-electron chi connectivity index (χ0n) is 18.7. The molecule has 1 aromatic carbocycles. The smallest absolute Gasteiger partial charge is 0.227 e. The molecule has 0 unspecified atom stereocenters. The van der Waals surface area contributed by atoms with Crippen molar-refractivity contribution in [1.29, 1.82) is 0 Å². The van der Waals surface area contributed by atoms with Crippen LogP contribution < -0.4 is 5.32 Å². The first-order valence-electron chi connectivity index (χ1n) is 11.4. The minimum Gasteiger partial charge on any atom is -0.357 e. The highest BCUT2D eigenvalue weighted by Crippen LogP contribution is 2.32. The average Bonchev–Trinajstić information content (AvgIpc) is 3.57. The van der Waals surface area contributed by atoms with Crippen molar-refractivity contribution in [2.45, 2.75) is 32.6 Å². The summed E-state index contributed by atoms with van der Waals surface area (Å²) in [5.41, 5.74) is 7.66. The molecule has 0 bridgehead atoms. The highest BCUT2D eigenvalue weighted by Gasteiger charge is 2.22. The number of carbonyl (C=O) groups is 1. The molecular formula is C27H27N5O. The van der Waals surface area contributed by atoms with Crippen LogP contribution in [0, 0.1) is 12.8 Å². The first kappa shape index (κ1) is 20.9. The zero-order valence-corrected chi connectivity index (χ0v) is 18.7. The molecule has 6 nitrogen and oxygen atoms in total. The number of fused-ring (bicyclic) bond motifs is 1. The highest BCUT2D eigenvalue weighted by atomic mass is 16.1. The maximum atomic E-state index is 12.5. The number of aryl methyl sites for hydroxylation is 1. The molecule has 3 N–H and O–H groups in total. The molecule has 5 rings (SSSR count). The number of H-pyrrole nitrogens is 2. The summed E-state index contributed by atoms with van der Waals surface area (Å²) in [5, 5.41) is 11.8. The number of allylic oxidation sites excluding steroid dienone is 2. The molecule has 0 radical (unpaired) electrons. The van der Waals surface area contributed by atoms with Crippen LogP contribution in [0.25, 0.3) is 39.5 Å². The highest BCUT2D eigenvalue weighted by molar-refractivity contribution is 5.96. The molecular weight excluding hydrogens is 410 g/mol. The first-order valence-corrected chi connectivity index (χ1v) is 11.4. The van der Waals surface area contributed by atoms with E-state index >= 15 is 0 Å². The van der Waals surface area contributed by atoms with E-state index in [2.05, 4.69) is 44.2 Å². The van der Waals surface area contributed by atoms with E-state index in [9.17, 15) is 4.79 Å². The second kappa shape index (κ2) is 8.90. The lowest BCUT2D eigenvalue weighted by molar-refractivity contribution is -0.119. The van der Waals surface area contributed by atoms with E-state index in [0.29, 0.717) is 0 Å². The molecule has 33 heavy (non-hydrogen) atoms. The Kier molecular flexibility index (Phi) is 5.65. The van der Waals surface area contributed by atoms with Gasteiger partial charge in [-0.05, 0) is 55.2 Å². The summed E-state index contributed by atoms with van der Waals surface area (Å²) >= 11 is 0. The Morgan fingerprint density at radius 3 is 2.82 bits per heavy atom. The molecule has 166 valence electrons. The van der Waals surface area contributed by atoms with E-state index < -0.39 is 0 Å². The number of aromatic nitrogens is 4. The van der Waals surface area contributed by atoms with E-state index in [1.54, 1.807) is 12.3 Å². The summed E-state index contributed by atoms with van der Waals surface area (Å²) < 4.78 is 0. The third kappa shape index (κ3) is 4.24. The Balaban J connectivity index is 1.46. The van der Waals surface area contributed by atoms with Crippen molar-refractivity contribution in [3.05, 3.63) is 72.7 Å². The molecule has 1 aliphatic carbocycles. The Labute approximate surface area is 192 Å². The van der Waals surface area contributed by atoms with Gasteiger partial charge in [0.1, 0.15) is 5.69 Å². The fourth-order valence-electron chi connectivity index (χ4n) is 4.54. The van der Waals surface area contributed by atoms with Crippen LogP contribution in [0.1, 0.15) is 36.9 Å². The lowest BCUT2D eigenvalue weighted by atomic mass is 10.0. The van der Waals surface area contributed by atoms with Crippen LogP contribution >= 0.6 is 0 Å². The van der Waals surface area contributed by atoms with Gasteiger partial charge < -0.3 is 10.3 Å². The maximum Gasteiger partial charge on any atom is 0.227 e. The van der Waals surface area contributed by atoms with E-state index in [-0.39, 0.29) is 11.8 Å². The Hall–Kier alpha value is -3.93. The summed E-state index contributed by atoms with van der Waals surface area (Å²) in [5.74, 6) is 0.219. The van der Waals surface area contributed by atoms with Crippen LogP contribution in [0.2, 0.25) is 0 Å². The van der Waals surface area contributed by atoms with Crippen molar-refractivity contribution < 1.29 is 4.79 Å². The average molecular weight is 438 g/mol. The number of benzene rings is 1. The number of nitrogens with zero attached hydrogens (tertiary/aromatic N) is 2. The summed E-state index contributed by atoms with van der Waals surface area (Å²) in [6, 6.07) is 10.3. The van der Waals surface area contributed by atoms with Crippen molar-refractivity contribution in [2.24, 2.45) is 5.92 Å². The number of rotatable bonds is 6. The summed E-state index contributed by atoms with van der Waals surface area (Å²) in [4.78, 5) is 20.3. The van der Waals surface area contributed by atoms with Crippen LogP contribution in [0.5, 0.6) is 0 Å². The largest absolute Gasteiger partial charge is 0.357 e. The summed E-state index contributed by atoms with van der Waals surface area (Å²) in [7, 11) is 0. The zero-order chi connectivity index (χ0) is 22.8. The van der Waals surface area contributed by atoms with Gasteiger partial charge in [0, 0.05) is 28.8 Å². The van der Waals surface area contributed by atoms with E-state index in [4.69, 9.17) is 0 Å². The monoisotopic (exact) mass is 437 g/mol. The molecule has 0 saturated heterocycles. The second-order valence-corrected chi connectivity index (χ2v) is 8.62. The van der Waals surface area contributed by atoms with Crippen LogP contribution in [0.3, 0.4) is 0 Å². The van der Waals surface area contributed by atoms with Gasteiger partial charge in [0.15, 0.2) is 0 Å². The molecule has 1 aliphatic rings. The van der Waals surface area contributed by atoms with Gasteiger partial charge in [-0.3, -0.25) is 14.9 Å². The van der Waals surface area contributed by atoms with Crippen molar-refractivity contribution in [2.75, 3.05) is 5.32 Å². The third-order valence-corrected chi connectivity index (χ3v) is 6.35. The SMILES string of the molecule is C=C/C=C\c1cc(-c2n[nH]c3ccc(-c4cncc(NC(=O)C5CCCC5)c4)cc23)[nH]c1C. The second-order valence-electron chi connectivity index (χ2n) is 8.62. The molecule has 4 aromatic rings. The number of hydrogen-bond donors (Lipinski definition) is 3. The van der Waals surface area contributed by atoms with Crippen molar-refractivity contribution >= 4 is 28.6 Å². The topological polar surface area (TPSA) is 86.5 Å². The van der Waals surface area contributed by atoms with Crippen LogP contribution in [-0.4, -0.2) is 26.1 Å². The number of nitrogens with one attached hydrogen (secondary N) is 3. The van der Waals surface area contributed by atoms with Gasteiger partial charge in [-0.15, -0.1) is 0 Å². The van der Waals surface area contributed by atoms with E-state index in [1.165, 1.54) is 0 Å². The van der Waals surface area contributed by atoms with Gasteiger partial charge in [-0.1, -0.05) is 43.7 Å². The van der Waals surface area contributed by atoms with Gasteiger partial charge in [-0.25, -0.2) is 0 Å².